The van der Waals surface area contributed by atoms with Crippen molar-refractivity contribution in [2.75, 3.05) is 6.61 Å². The van der Waals surface area contributed by atoms with Crippen LogP contribution in [0.5, 0.6) is 0 Å². The second kappa shape index (κ2) is 8.07. The van der Waals surface area contributed by atoms with Crippen molar-refractivity contribution in [1.82, 2.24) is 5.32 Å². The van der Waals surface area contributed by atoms with Crippen LogP contribution in [-0.2, 0) is 10.5 Å². The monoisotopic (exact) mass is 283 g/mol. The molecule has 106 valence electrons. The van der Waals surface area contributed by atoms with Crippen molar-refractivity contribution in [1.29, 1.82) is 0 Å². The van der Waals surface area contributed by atoms with E-state index in [1.165, 1.54) is 17.8 Å². The molecular formula is C14H21NO3S. The van der Waals surface area contributed by atoms with Gasteiger partial charge in [0, 0.05) is 18.2 Å². The summed E-state index contributed by atoms with van der Waals surface area (Å²) in [5.41, 5.74) is -0.345. The first-order valence-electron chi connectivity index (χ1n) is 6.33. The largest absolute Gasteiger partial charge is 0.468 e. The zero-order valence-corrected chi connectivity index (χ0v) is 12.2. The number of carbonyl (C=O) groups is 1. The number of thioether (sulfide) groups is 1. The van der Waals surface area contributed by atoms with Crippen molar-refractivity contribution < 1.29 is 14.3 Å². The molecule has 0 aromatic carbocycles. The van der Waals surface area contributed by atoms with Crippen LogP contribution in [0.3, 0.4) is 0 Å². The van der Waals surface area contributed by atoms with Crippen molar-refractivity contribution in [3.8, 4) is 0 Å². The van der Waals surface area contributed by atoms with Gasteiger partial charge in [-0.25, -0.2) is 0 Å². The Morgan fingerprint density at radius 1 is 1.63 bits per heavy atom. The SMILES string of the molecule is CCC(C)(CCO)NC(=O)/C=C/SCc1ccco1. The first kappa shape index (κ1) is 15.9. The molecule has 19 heavy (non-hydrogen) atoms. The summed E-state index contributed by atoms with van der Waals surface area (Å²) in [5.74, 6) is 1.46. The molecule has 0 saturated carbocycles. The summed E-state index contributed by atoms with van der Waals surface area (Å²) in [6.07, 6.45) is 4.49. The van der Waals surface area contributed by atoms with E-state index >= 15 is 0 Å². The highest BCUT2D eigenvalue weighted by atomic mass is 32.2. The molecule has 1 heterocycles. The second-order valence-electron chi connectivity index (χ2n) is 4.57. The molecule has 0 spiro atoms. The van der Waals surface area contributed by atoms with Gasteiger partial charge in [0.2, 0.25) is 5.91 Å². The molecule has 1 aromatic heterocycles. The molecule has 1 unspecified atom stereocenters. The fourth-order valence-corrected chi connectivity index (χ4v) is 2.19. The predicted molar refractivity (Wildman–Crippen MR) is 77.7 cm³/mol. The molecule has 5 heteroatoms. The zero-order chi connectivity index (χ0) is 14.1. The molecule has 2 N–H and O–H groups in total. The Balaban J connectivity index is 2.33. The van der Waals surface area contributed by atoms with Gasteiger partial charge in [0.15, 0.2) is 0 Å². The van der Waals surface area contributed by atoms with Gasteiger partial charge in [-0.2, -0.15) is 0 Å². The maximum atomic E-state index is 11.7. The van der Waals surface area contributed by atoms with Crippen LogP contribution in [0.25, 0.3) is 0 Å². The average Bonchev–Trinajstić information content (AvgIpc) is 2.88. The van der Waals surface area contributed by atoms with Crippen molar-refractivity contribution in [3.05, 3.63) is 35.6 Å². The number of aliphatic hydroxyl groups is 1. The molecule has 1 rings (SSSR count). The van der Waals surface area contributed by atoms with Crippen LogP contribution in [0.1, 0.15) is 32.4 Å². The van der Waals surface area contributed by atoms with Crippen LogP contribution in [0.4, 0.5) is 0 Å². The summed E-state index contributed by atoms with van der Waals surface area (Å²) in [5, 5.41) is 13.7. The van der Waals surface area contributed by atoms with Crippen LogP contribution in [0.15, 0.2) is 34.3 Å². The van der Waals surface area contributed by atoms with Crippen LogP contribution in [0, 0.1) is 0 Å². The lowest BCUT2D eigenvalue weighted by Gasteiger charge is -2.28. The highest BCUT2D eigenvalue weighted by molar-refractivity contribution is 8.01. The molecule has 0 aliphatic heterocycles. The number of hydrogen-bond acceptors (Lipinski definition) is 4. The average molecular weight is 283 g/mol. The van der Waals surface area contributed by atoms with Gasteiger partial charge in [0.25, 0.3) is 0 Å². The Morgan fingerprint density at radius 3 is 3.00 bits per heavy atom. The van der Waals surface area contributed by atoms with E-state index in [9.17, 15) is 4.79 Å². The van der Waals surface area contributed by atoms with Gasteiger partial charge < -0.3 is 14.8 Å². The normalized spacial score (nSPS) is 14.5. The number of aliphatic hydroxyl groups excluding tert-OH is 1. The summed E-state index contributed by atoms with van der Waals surface area (Å²) in [7, 11) is 0. The molecule has 0 radical (unpaired) electrons. The van der Waals surface area contributed by atoms with E-state index in [0.29, 0.717) is 12.2 Å². The standard InChI is InChI=1S/C14H21NO3S/c1-3-14(2,7-8-16)15-13(17)6-10-19-11-12-5-4-9-18-12/h4-6,9-10,16H,3,7-8,11H2,1-2H3,(H,15,17)/b10-6+. The number of carbonyl (C=O) groups excluding carboxylic acids is 1. The summed E-state index contributed by atoms with van der Waals surface area (Å²) in [6, 6.07) is 3.74. The van der Waals surface area contributed by atoms with Gasteiger partial charge >= 0.3 is 0 Å². The number of nitrogens with one attached hydrogen (secondary N) is 1. The fraction of sp³-hybridized carbons (Fsp3) is 0.500. The summed E-state index contributed by atoms with van der Waals surface area (Å²) in [4.78, 5) is 11.7. The molecule has 1 amide bonds. The summed E-state index contributed by atoms with van der Waals surface area (Å²) >= 11 is 1.50. The topological polar surface area (TPSA) is 62.5 Å². The van der Waals surface area contributed by atoms with Crippen molar-refractivity contribution in [2.24, 2.45) is 0 Å². The van der Waals surface area contributed by atoms with Crippen LogP contribution in [-0.4, -0.2) is 23.2 Å². The first-order valence-corrected chi connectivity index (χ1v) is 7.38. The predicted octanol–water partition coefficient (Wildman–Crippen LogP) is 2.69. The van der Waals surface area contributed by atoms with E-state index in [1.54, 1.807) is 11.7 Å². The highest BCUT2D eigenvalue weighted by Gasteiger charge is 2.22. The van der Waals surface area contributed by atoms with Gasteiger partial charge in [-0.15, -0.1) is 11.8 Å². The third-order valence-electron chi connectivity index (χ3n) is 2.99. The van der Waals surface area contributed by atoms with E-state index in [4.69, 9.17) is 9.52 Å². The van der Waals surface area contributed by atoms with E-state index in [1.807, 2.05) is 26.0 Å². The number of amides is 1. The molecule has 0 aliphatic rings. The Morgan fingerprint density at radius 2 is 2.42 bits per heavy atom. The van der Waals surface area contributed by atoms with E-state index in [2.05, 4.69) is 5.32 Å². The second-order valence-corrected chi connectivity index (χ2v) is 5.46. The molecule has 0 aliphatic carbocycles. The van der Waals surface area contributed by atoms with Gasteiger partial charge in [-0.1, -0.05) is 6.92 Å². The number of hydrogen-bond donors (Lipinski definition) is 2. The lowest BCUT2D eigenvalue weighted by molar-refractivity contribution is -0.118. The molecule has 1 atom stereocenters. The lowest BCUT2D eigenvalue weighted by atomic mass is 9.95. The van der Waals surface area contributed by atoms with Crippen molar-refractivity contribution >= 4 is 17.7 Å². The maximum absolute atomic E-state index is 11.7. The van der Waals surface area contributed by atoms with Gasteiger partial charge in [0.1, 0.15) is 5.76 Å². The van der Waals surface area contributed by atoms with Crippen molar-refractivity contribution in [3.63, 3.8) is 0 Å². The van der Waals surface area contributed by atoms with Crippen LogP contribution < -0.4 is 5.32 Å². The molecule has 0 fully saturated rings. The highest BCUT2D eigenvalue weighted by Crippen LogP contribution is 2.15. The minimum atomic E-state index is -0.345. The van der Waals surface area contributed by atoms with Gasteiger partial charge in [0.05, 0.1) is 12.0 Å². The molecule has 1 aromatic rings. The number of furan rings is 1. The molecule has 0 bridgehead atoms. The minimum Gasteiger partial charge on any atom is -0.468 e. The van der Waals surface area contributed by atoms with E-state index < -0.39 is 0 Å². The molecule has 0 saturated heterocycles. The van der Waals surface area contributed by atoms with Gasteiger partial charge in [-0.05, 0) is 37.3 Å². The van der Waals surface area contributed by atoms with E-state index in [-0.39, 0.29) is 18.1 Å². The third kappa shape index (κ3) is 5.98. The minimum absolute atomic E-state index is 0.0710. The van der Waals surface area contributed by atoms with Gasteiger partial charge in [-0.3, -0.25) is 4.79 Å². The van der Waals surface area contributed by atoms with Crippen LogP contribution >= 0.6 is 11.8 Å². The molecule has 4 nitrogen and oxygen atoms in total. The van der Waals surface area contributed by atoms with Crippen molar-refractivity contribution in [2.45, 2.75) is 38.0 Å². The van der Waals surface area contributed by atoms with E-state index in [0.717, 1.165) is 12.2 Å². The smallest absolute Gasteiger partial charge is 0.244 e. The van der Waals surface area contributed by atoms with Crippen LogP contribution in [0.2, 0.25) is 0 Å². The quantitative estimate of drug-likeness (QED) is 0.720. The Bertz CT molecular complexity index is 403. The third-order valence-corrected chi connectivity index (χ3v) is 3.77. The molecular weight excluding hydrogens is 262 g/mol. The lowest BCUT2D eigenvalue weighted by Crippen LogP contribution is -2.45. The first-order chi connectivity index (χ1) is 9.09. The number of rotatable bonds is 8. The fourth-order valence-electron chi connectivity index (χ4n) is 1.55. The Hall–Kier alpha value is -1.20. The Kier molecular flexibility index (Phi) is 6.73. The summed E-state index contributed by atoms with van der Waals surface area (Å²) < 4.78 is 5.19. The zero-order valence-electron chi connectivity index (χ0n) is 11.4. The summed E-state index contributed by atoms with van der Waals surface area (Å²) in [6.45, 7) is 4.00. The maximum Gasteiger partial charge on any atom is 0.244 e. The Labute approximate surface area is 118 Å².